The molecule has 1 fully saturated rings. The number of aryl methyl sites for hydroxylation is 2. The van der Waals surface area contributed by atoms with Crippen LogP contribution in [0.25, 0.3) is 11.5 Å². The van der Waals surface area contributed by atoms with Crippen LogP contribution in [-0.4, -0.2) is 19.9 Å². The van der Waals surface area contributed by atoms with Gasteiger partial charge in [-0.1, -0.05) is 25.3 Å². The minimum Gasteiger partial charge on any atom is -0.368 e. The molecule has 0 saturated heterocycles. The van der Waals surface area contributed by atoms with E-state index in [9.17, 15) is 0 Å². The maximum absolute atomic E-state index is 5.89. The maximum Gasteiger partial charge on any atom is 0.223 e. The van der Waals surface area contributed by atoms with Gasteiger partial charge in [0.1, 0.15) is 11.5 Å². The lowest BCUT2D eigenvalue weighted by atomic mass is 9.89. The van der Waals surface area contributed by atoms with Gasteiger partial charge in [0, 0.05) is 12.1 Å². The molecule has 0 radical (unpaired) electrons. The highest BCUT2D eigenvalue weighted by atomic mass is 15.1. The molecule has 2 N–H and O–H groups in total. The molecule has 0 amide bonds. The van der Waals surface area contributed by atoms with Crippen LogP contribution in [0, 0.1) is 13.8 Å². The zero-order valence-corrected chi connectivity index (χ0v) is 12.6. The Kier molecular flexibility index (Phi) is 3.82. The Morgan fingerprint density at radius 2 is 1.81 bits per heavy atom. The topological polar surface area (TPSA) is 77.6 Å². The van der Waals surface area contributed by atoms with Gasteiger partial charge in [-0.15, -0.1) is 0 Å². The van der Waals surface area contributed by atoms with Crippen molar-refractivity contribution in [3.63, 3.8) is 0 Å². The van der Waals surface area contributed by atoms with Crippen LogP contribution in [-0.2, 0) is 0 Å². The lowest BCUT2D eigenvalue weighted by molar-refractivity contribution is 0.428. The molecule has 1 aliphatic carbocycles. The van der Waals surface area contributed by atoms with Crippen LogP contribution >= 0.6 is 0 Å². The lowest BCUT2D eigenvalue weighted by Gasteiger charge is -2.20. The number of pyridine rings is 1. The minimum absolute atomic E-state index is 0.294. The van der Waals surface area contributed by atoms with E-state index in [4.69, 9.17) is 5.73 Å². The second kappa shape index (κ2) is 5.76. The summed E-state index contributed by atoms with van der Waals surface area (Å²) in [5, 5.41) is 0. The first-order valence-corrected chi connectivity index (χ1v) is 7.58. The van der Waals surface area contributed by atoms with Gasteiger partial charge in [0.15, 0.2) is 5.82 Å². The average molecular weight is 283 g/mol. The van der Waals surface area contributed by atoms with Crippen LogP contribution in [0.2, 0.25) is 0 Å². The van der Waals surface area contributed by atoms with Crippen molar-refractivity contribution < 1.29 is 0 Å². The van der Waals surface area contributed by atoms with Gasteiger partial charge < -0.3 is 5.73 Å². The van der Waals surface area contributed by atoms with Crippen LogP contribution < -0.4 is 5.73 Å². The maximum atomic E-state index is 5.89. The fourth-order valence-electron chi connectivity index (χ4n) is 3.01. The first kappa shape index (κ1) is 13.9. The number of nitrogens with zero attached hydrogens (tertiary/aromatic N) is 4. The van der Waals surface area contributed by atoms with Crippen molar-refractivity contribution in [1.29, 1.82) is 0 Å². The number of anilines is 1. The van der Waals surface area contributed by atoms with Crippen molar-refractivity contribution in [3.8, 4) is 11.5 Å². The fraction of sp³-hybridized carbons (Fsp3) is 0.500. The fourth-order valence-corrected chi connectivity index (χ4v) is 3.01. The second-order valence-corrected chi connectivity index (χ2v) is 5.89. The Labute approximate surface area is 125 Å². The van der Waals surface area contributed by atoms with Crippen LogP contribution in [0.1, 0.15) is 55.0 Å². The highest BCUT2D eigenvalue weighted by molar-refractivity contribution is 5.55. The molecule has 21 heavy (non-hydrogen) atoms. The summed E-state index contributed by atoms with van der Waals surface area (Å²) in [5.74, 6) is 2.13. The van der Waals surface area contributed by atoms with Gasteiger partial charge >= 0.3 is 0 Å². The second-order valence-electron chi connectivity index (χ2n) is 5.89. The Balaban J connectivity index is 2.00. The molecule has 0 unspecified atom stereocenters. The first-order valence-electron chi connectivity index (χ1n) is 7.58. The summed E-state index contributed by atoms with van der Waals surface area (Å²) in [5.41, 5.74) is 8.89. The van der Waals surface area contributed by atoms with E-state index >= 15 is 0 Å². The highest BCUT2D eigenvalue weighted by Crippen LogP contribution is 2.31. The first-order chi connectivity index (χ1) is 10.1. The molecule has 3 rings (SSSR count). The quantitative estimate of drug-likeness (QED) is 0.915. The van der Waals surface area contributed by atoms with Gasteiger partial charge in [0.2, 0.25) is 5.95 Å². The average Bonchev–Trinajstić information content (AvgIpc) is 2.47. The van der Waals surface area contributed by atoms with Gasteiger partial charge in [-0.25, -0.2) is 4.98 Å². The van der Waals surface area contributed by atoms with Gasteiger partial charge in [-0.05, 0) is 37.8 Å². The molecule has 110 valence electrons. The van der Waals surface area contributed by atoms with Crippen LogP contribution in [0.4, 0.5) is 5.95 Å². The van der Waals surface area contributed by atoms with Gasteiger partial charge in [-0.3, -0.25) is 4.98 Å². The summed E-state index contributed by atoms with van der Waals surface area (Å²) in [6.45, 7) is 4.05. The van der Waals surface area contributed by atoms with E-state index < -0.39 is 0 Å². The zero-order chi connectivity index (χ0) is 14.8. The van der Waals surface area contributed by atoms with E-state index in [1.165, 1.54) is 19.3 Å². The normalized spacial score (nSPS) is 16.1. The van der Waals surface area contributed by atoms with Gasteiger partial charge in [0.25, 0.3) is 0 Å². The predicted molar refractivity (Wildman–Crippen MR) is 82.8 cm³/mol. The Hall–Kier alpha value is -2.04. The van der Waals surface area contributed by atoms with E-state index in [0.717, 1.165) is 35.5 Å². The molecule has 0 atom stereocenters. The van der Waals surface area contributed by atoms with E-state index in [1.807, 2.05) is 20.0 Å². The summed E-state index contributed by atoms with van der Waals surface area (Å²) >= 11 is 0. The Morgan fingerprint density at radius 3 is 2.52 bits per heavy atom. The third kappa shape index (κ3) is 3.01. The highest BCUT2D eigenvalue weighted by Gasteiger charge is 2.20. The van der Waals surface area contributed by atoms with Crippen molar-refractivity contribution in [2.24, 2.45) is 0 Å². The Morgan fingerprint density at radius 1 is 1.05 bits per heavy atom. The predicted octanol–water partition coefficient (Wildman–Crippen LogP) is 3.18. The summed E-state index contributed by atoms with van der Waals surface area (Å²) < 4.78 is 0. The van der Waals surface area contributed by atoms with Gasteiger partial charge in [0.05, 0.1) is 0 Å². The van der Waals surface area contributed by atoms with Crippen molar-refractivity contribution >= 4 is 5.95 Å². The lowest BCUT2D eigenvalue weighted by Crippen LogP contribution is -2.12. The molecule has 1 aliphatic rings. The van der Waals surface area contributed by atoms with Crippen LogP contribution in [0.15, 0.2) is 12.3 Å². The van der Waals surface area contributed by atoms with E-state index in [2.05, 4.69) is 26.0 Å². The monoisotopic (exact) mass is 283 g/mol. The molecular formula is C16H21N5. The molecule has 0 spiro atoms. The molecule has 5 heteroatoms. The SMILES string of the molecule is Cc1cnc(-c2nc(N)nc(C3CCCCC3)n2)c(C)c1. The number of aromatic nitrogens is 4. The molecule has 2 aromatic heterocycles. The molecule has 0 aromatic carbocycles. The number of nitrogens with two attached hydrogens (primary N) is 1. The van der Waals surface area contributed by atoms with Gasteiger partial charge in [-0.2, -0.15) is 9.97 Å². The molecule has 1 saturated carbocycles. The summed E-state index contributed by atoms with van der Waals surface area (Å²) in [6.07, 6.45) is 7.92. The van der Waals surface area contributed by atoms with Crippen molar-refractivity contribution in [2.75, 3.05) is 5.73 Å². The minimum atomic E-state index is 0.294. The molecule has 2 heterocycles. The number of hydrogen-bond acceptors (Lipinski definition) is 5. The third-order valence-corrected chi connectivity index (χ3v) is 4.07. The van der Waals surface area contributed by atoms with Crippen LogP contribution in [0.5, 0.6) is 0 Å². The smallest absolute Gasteiger partial charge is 0.223 e. The van der Waals surface area contributed by atoms with Crippen LogP contribution in [0.3, 0.4) is 0 Å². The summed E-state index contributed by atoms with van der Waals surface area (Å²) in [7, 11) is 0. The molecule has 0 aliphatic heterocycles. The Bertz CT molecular complexity index is 647. The van der Waals surface area contributed by atoms with Crippen molar-refractivity contribution in [2.45, 2.75) is 51.9 Å². The summed E-state index contributed by atoms with van der Waals surface area (Å²) in [6, 6.07) is 2.09. The third-order valence-electron chi connectivity index (χ3n) is 4.07. The van der Waals surface area contributed by atoms with Crippen molar-refractivity contribution in [3.05, 3.63) is 29.2 Å². The molecular weight excluding hydrogens is 262 g/mol. The molecule has 2 aromatic rings. The van der Waals surface area contributed by atoms with Crippen molar-refractivity contribution in [1.82, 2.24) is 19.9 Å². The standard InChI is InChI=1S/C16H21N5/c1-10-8-11(2)13(18-9-10)15-19-14(20-16(17)21-15)12-6-4-3-5-7-12/h8-9,12H,3-7H2,1-2H3,(H2,17,19,20,21). The number of nitrogen functional groups attached to an aromatic ring is 1. The largest absolute Gasteiger partial charge is 0.368 e. The zero-order valence-electron chi connectivity index (χ0n) is 12.6. The number of rotatable bonds is 2. The van der Waals surface area contributed by atoms with E-state index in [0.29, 0.717) is 17.7 Å². The van der Waals surface area contributed by atoms with E-state index in [-0.39, 0.29) is 0 Å². The number of hydrogen-bond donors (Lipinski definition) is 1. The molecule has 5 nitrogen and oxygen atoms in total. The summed E-state index contributed by atoms with van der Waals surface area (Å²) in [4.78, 5) is 17.8. The van der Waals surface area contributed by atoms with E-state index in [1.54, 1.807) is 0 Å². The molecule has 0 bridgehead atoms.